The van der Waals surface area contributed by atoms with Crippen LogP contribution in [0, 0.1) is 12.8 Å². The second-order valence-electron chi connectivity index (χ2n) is 9.96. The Labute approximate surface area is 203 Å². The Morgan fingerprint density at radius 3 is 2.44 bits per heavy atom. The summed E-state index contributed by atoms with van der Waals surface area (Å²) in [5, 5.41) is 4.21. The number of amides is 2. The SMILES string of the molecule is Cc1ccccc1CC(C1CCN(C(=O)CN2CCCCC2)CC1)N(C)C(=O)Cn1cccn1. The molecule has 0 radical (unpaired) electrons. The number of hydrogen-bond donors (Lipinski definition) is 0. The van der Waals surface area contributed by atoms with E-state index in [-0.39, 0.29) is 24.4 Å². The number of hydrogen-bond acceptors (Lipinski definition) is 4. The molecule has 2 aliphatic heterocycles. The predicted octanol–water partition coefficient (Wildman–Crippen LogP) is 2.99. The van der Waals surface area contributed by atoms with E-state index in [1.807, 2.05) is 29.1 Å². The lowest BCUT2D eigenvalue weighted by Gasteiger charge is -2.41. The van der Waals surface area contributed by atoms with E-state index in [2.05, 4.69) is 41.2 Å². The van der Waals surface area contributed by atoms with Crippen molar-refractivity contribution in [2.75, 3.05) is 39.8 Å². The van der Waals surface area contributed by atoms with Crippen molar-refractivity contribution in [3.8, 4) is 0 Å². The van der Waals surface area contributed by atoms with E-state index in [4.69, 9.17) is 0 Å². The van der Waals surface area contributed by atoms with Crippen LogP contribution in [0.4, 0.5) is 0 Å². The van der Waals surface area contributed by atoms with Crippen LogP contribution in [-0.2, 0) is 22.6 Å². The molecule has 7 nitrogen and oxygen atoms in total. The van der Waals surface area contributed by atoms with Crippen molar-refractivity contribution in [3.63, 3.8) is 0 Å². The Bertz CT molecular complexity index is 930. The van der Waals surface area contributed by atoms with Crippen molar-refractivity contribution >= 4 is 11.8 Å². The van der Waals surface area contributed by atoms with Gasteiger partial charge in [-0.2, -0.15) is 5.10 Å². The Morgan fingerprint density at radius 2 is 1.76 bits per heavy atom. The first-order valence-electron chi connectivity index (χ1n) is 12.8. The molecule has 0 aliphatic carbocycles. The van der Waals surface area contributed by atoms with E-state index in [1.165, 1.54) is 30.4 Å². The van der Waals surface area contributed by atoms with Crippen LogP contribution >= 0.6 is 0 Å². The second-order valence-corrected chi connectivity index (χ2v) is 9.96. The van der Waals surface area contributed by atoms with Gasteiger partial charge in [0, 0.05) is 38.6 Å². The first-order valence-corrected chi connectivity index (χ1v) is 12.8. The molecule has 1 aromatic carbocycles. The molecule has 1 aromatic heterocycles. The predicted molar refractivity (Wildman–Crippen MR) is 133 cm³/mol. The molecule has 0 N–H and O–H groups in total. The average Bonchev–Trinajstić information content (AvgIpc) is 3.37. The molecule has 7 heteroatoms. The van der Waals surface area contributed by atoms with Crippen LogP contribution in [0.3, 0.4) is 0 Å². The molecule has 2 saturated heterocycles. The summed E-state index contributed by atoms with van der Waals surface area (Å²) in [6.07, 6.45) is 9.92. The number of aromatic nitrogens is 2. The zero-order valence-electron chi connectivity index (χ0n) is 20.7. The zero-order chi connectivity index (χ0) is 23.9. The fraction of sp³-hybridized carbons (Fsp3) is 0.593. The van der Waals surface area contributed by atoms with Crippen LogP contribution in [0.2, 0.25) is 0 Å². The topological polar surface area (TPSA) is 61.7 Å². The lowest BCUT2D eigenvalue weighted by molar-refractivity contribution is -0.137. The minimum absolute atomic E-state index is 0.0749. The van der Waals surface area contributed by atoms with Gasteiger partial charge in [0.1, 0.15) is 6.54 Å². The summed E-state index contributed by atoms with van der Waals surface area (Å²) >= 11 is 0. The molecule has 34 heavy (non-hydrogen) atoms. The summed E-state index contributed by atoms with van der Waals surface area (Å²) in [6, 6.07) is 10.4. The normalized spacial score (nSPS) is 18.6. The highest BCUT2D eigenvalue weighted by Gasteiger charge is 2.33. The number of likely N-dealkylation sites (tertiary alicyclic amines) is 2. The number of nitrogens with zero attached hydrogens (tertiary/aromatic N) is 5. The Morgan fingerprint density at radius 1 is 1.03 bits per heavy atom. The number of piperidine rings is 2. The molecular weight excluding hydrogens is 426 g/mol. The third kappa shape index (κ3) is 6.26. The standard InChI is InChI=1S/C27H39N5O2/c1-22-9-4-5-10-24(22)19-25(29(2)26(33)21-32-16-8-13-28-32)23-11-17-31(18-12-23)27(34)20-30-14-6-3-7-15-30/h4-5,8-10,13,16,23,25H,3,6-7,11-12,14-15,17-21H2,1-2H3. The van der Waals surface area contributed by atoms with E-state index in [0.717, 1.165) is 45.4 Å². The molecule has 2 amide bonds. The molecule has 2 aliphatic rings. The fourth-order valence-electron chi connectivity index (χ4n) is 5.46. The van der Waals surface area contributed by atoms with Gasteiger partial charge in [0.2, 0.25) is 11.8 Å². The van der Waals surface area contributed by atoms with Crippen LogP contribution in [0.1, 0.15) is 43.2 Å². The molecule has 0 spiro atoms. The minimum atomic E-state index is 0.0749. The van der Waals surface area contributed by atoms with Crippen molar-refractivity contribution < 1.29 is 9.59 Å². The lowest BCUT2D eigenvalue weighted by atomic mass is 9.84. The molecule has 1 unspecified atom stereocenters. The summed E-state index contributed by atoms with van der Waals surface area (Å²) in [7, 11) is 1.93. The number of rotatable bonds is 8. The summed E-state index contributed by atoms with van der Waals surface area (Å²) in [4.78, 5) is 32.4. The molecule has 2 aromatic rings. The maximum atomic E-state index is 13.2. The summed E-state index contributed by atoms with van der Waals surface area (Å²) in [6.45, 7) is 6.60. The summed E-state index contributed by atoms with van der Waals surface area (Å²) in [5.74, 6) is 0.704. The molecule has 0 bridgehead atoms. The monoisotopic (exact) mass is 465 g/mol. The van der Waals surface area contributed by atoms with Crippen molar-refractivity contribution in [2.45, 2.75) is 58.0 Å². The highest BCUT2D eigenvalue weighted by Crippen LogP contribution is 2.28. The molecule has 184 valence electrons. The van der Waals surface area contributed by atoms with Crippen LogP contribution in [0.15, 0.2) is 42.7 Å². The van der Waals surface area contributed by atoms with Gasteiger partial charge in [-0.3, -0.25) is 19.2 Å². The largest absolute Gasteiger partial charge is 0.342 e. The van der Waals surface area contributed by atoms with Gasteiger partial charge in [-0.05, 0) is 75.2 Å². The first-order chi connectivity index (χ1) is 16.5. The average molecular weight is 466 g/mol. The summed E-state index contributed by atoms with van der Waals surface area (Å²) in [5.41, 5.74) is 2.55. The Balaban J connectivity index is 1.40. The Hall–Kier alpha value is -2.67. The molecular formula is C27H39N5O2. The molecule has 1 atom stereocenters. The molecule has 3 heterocycles. The third-order valence-corrected chi connectivity index (χ3v) is 7.68. The maximum absolute atomic E-state index is 13.2. The van der Waals surface area contributed by atoms with Gasteiger partial charge < -0.3 is 9.80 Å². The number of benzene rings is 1. The van der Waals surface area contributed by atoms with E-state index in [0.29, 0.717) is 12.5 Å². The van der Waals surface area contributed by atoms with Crippen molar-refractivity contribution in [3.05, 3.63) is 53.9 Å². The molecule has 4 rings (SSSR count). The van der Waals surface area contributed by atoms with Crippen LogP contribution < -0.4 is 0 Å². The fourth-order valence-corrected chi connectivity index (χ4v) is 5.46. The van der Waals surface area contributed by atoms with Gasteiger partial charge in [0.05, 0.1) is 6.54 Å². The van der Waals surface area contributed by atoms with Gasteiger partial charge in [-0.25, -0.2) is 0 Å². The van der Waals surface area contributed by atoms with E-state index < -0.39 is 0 Å². The van der Waals surface area contributed by atoms with Gasteiger partial charge in [0.25, 0.3) is 0 Å². The third-order valence-electron chi connectivity index (χ3n) is 7.68. The van der Waals surface area contributed by atoms with Crippen molar-refractivity contribution in [1.82, 2.24) is 24.5 Å². The number of aryl methyl sites for hydroxylation is 1. The van der Waals surface area contributed by atoms with E-state index in [1.54, 1.807) is 10.9 Å². The maximum Gasteiger partial charge on any atom is 0.244 e. The van der Waals surface area contributed by atoms with Gasteiger partial charge in [-0.1, -0.05) is 30.7 Å². The minimum Gasteiger partial charge on any atom is -0.342 e. The number of likely N-dealkylation sites (N-methyl/N-ethyl adjacent to an activating group) is 1. The van der Waals surface area contributed by atoms with Crippen LogP contribution in [0.5, 0.6) is 0 Å². The molecule has 2 fully saturated rings. The number of carbonyl (C=O) groups excluding carboxylic acids is 2. The van der Waals surface area contributed by atoms with Crippen molar-refractivity contribution in [1.29, 1.82) is 0 Å². The molecule has 0 saturated carbocycles. The van der Waals surface area contributed by atoms with Gasteiger partial charge >= 0.3 is 0 Å². The smallest absolute Gasteiger partial charge is 0.244 e. The highest BCUT2D eigenvalue weighted by atomic mass is 16.2. The lowest BCUT2D eigenvalue weighted by Crippen LogP contribution is -2.50. The van der Waals surface area contributed by atoms with Gasteiger partial charge in [-0.15, -0.1) is 0 Å². The first kappa shape index (κ1) is 24.5. The van der Waals surface area contributed by atoms with Crippen LogP contribution in [-0.4, -0.2) is 82.1 Å². The van der Waals surface area contributed by atoms with Gasteiger partial charge in [0.15, 0.2) is 0 Å². The number of carbonyl (C=O) groups is 2. The van der Waals surface area contributed by atoms with Crippen LogP contribution in [0.25, 0.3) is 0 Å². The summed E-state index contributed by atoms with van der Waals surface area (Å²) < 4.78 is 1.69. The van der Waals surface area contributed by atoms with E-state index >= 15 is 0 Å². The van der Waals surface area contributed by atoms with Crippen molar-refractivity contribution in [2.24, 2.45) is 5.92 Å². The second kappa shape index (κ2) is 11.6. The van der Waals surface area contributed by atoms with E-state index in [9.17, 15) is 9.59 Å². The Kier molecular flexibility index (Phi) is 8.38. The highest BCUT2D eigenvalue weighted by molar-refractivity contribution is 5.78. The zero-order valence-corrected chi connectivity index (χ0v) is 20.7. The quantitative estimate of drug-likeness (QED) is 0.601.